The van der Waals surface area contributed by atoms with Crippen LogP contribution in [0.15, 0.2) is 17.5 Å². The highest BCUT2D eigenvalue weighted by atomic mass is 32.1. The van der Waals surface area contributed by atoms with E-state index in [9.17, 15) is 9.90 Å². The van der Waals surface area contributed by atoms with Crippen molar-refractivity contribution >= 4 is 17.2 Å². The number of hydrogen-bond donors (Lipinski definition) is 2. The van der Waals surface area contributed by atoms with Crippen molar-refractivity contribution < 1.29 is 9.90 Å². The van der Waals surface area contributed by atoms with Crippen LogP contribution in [0.1, 0.15) is 50.3 Å². The number of aliphatic hydroxyl groups is 1. The molecule has 1 heterocycles. The van der Waals surface area contributed by atoms with Crippen LogP contribution in [0, 0.1) is 5.92 Å². The third kappa shape index (κ3) is 4.32. The highest BCUT2D eigenvalue weighted by Crippen LogP contribution is 2.32. The molecule has 1 amide bonds. The first kappa shape index (κ1) is 15.5. The van der Waals surface area contributed by atoms with Crippen LogP contribution in [0.3, 0.4) is 0 Å². The average Bonchev–Trinajstić information content (AvgIpc) is 2.92. The Hall–Kier alpha value is -0.870. The first-order valence-corrected chi connectivity index (χ1v) is 8.46. The molecule has 4 heteroatoms. The Balaban J connectivity index is 1.77. The van der Waals surface area contributed by atoms with E-state index in [-0.39, 0.29) is 18.1 Å². The summed E-state index contributed by atoms with van der Waals surface area (Å²) in [5.74, 6) is 0.673. The van der Waals surface area contributed by atoms with Crippen LogP contribution in [-0.2, 0) is 11.2 Å². The lowest BCUT2D eigenvalue weighted by molar-refractivity contribution is -0.124. The van der Waals surface area contributed by atoms with Crippen LogP contribution in [-0.4, -0.2) is 23.2 Å². The maximum absolute atomic E-state index is 12.1. The Bertz CT molecular complexity index is 418. The van der Waals surface area contributed by atoms with Gasteiger partial charge in [0.2, 0.25) is 5.91 Å². The molecule has 0 spiro atoms. The van der Waals surface area contributed by atoms with Gasteiger partial charge in [0.05, 0.1) is 12.1 Å². The quantitative estimate of drug-likeness (QED) is 0.847. The van der Waals surface area contributed by atoms with E-state index >= 15 is 0 Å². The fourth-order valence-corrected chi connectivity index (χ4v) is 3.94. The molecule has 2 N–H and O–H groups in total. The molecule has 1 aromatic rings. The maximum Gasteiger partial charge on any atom is 0.220 e. The van der Waals surface area contributed by atoms with Gasteiger partial charge in [0.25, 0.3) is 0 Å². The van der Waals surface area contributed by atoms with Gasteiger partial charge in [-0.25, -0.2) is 0 Å². The second-order valence-corrected chi connectivity index (χ2v) is 7.15. The summed E-state index contributed by atoms with van der Waals surface area (Å²) in [7, 11) is 0. The molecule has 0 bridgehead atoms. The highest BCUT2D eigenvalue weighted by Gasteiger charge is 2.35. The van der Waals surface area contributed by atoms with E-state index < -0.39 is 0 Å². The van der Waals surface area contributed by atoms with Gasteiger partial charge < -0.3 is 10.4 Å². The molecule has 0 aliphatic heterocycles. The zero-order chi connectivity index (χ0) is 14.4. The minimum Gasteiger partial charge on any atom is -0.394 e. The number of aliphatic hydroxyl groups excluding tert-OH is 1. The van der Waals surface area contributed by atoms with Crippen molar-refractivity contribution in [1.29, 1.82) is 0 Å². The van der Waals surface area contributed by atoms with Gasteiger partial charge >= 0.3 is 0 Å². The van der Waals surface area contributed by atoms with Gasteiger partial charge in [0.15, 0.2) is 0 Å². The molecular weight excluding hydrogens is 270 g/mol. The summed E-state index contributed by atoms with van der Waals surface area (Å²) in [6, 6.07) is 4.16. The minimum atomic E-state index is -0.363. The molecule has 0 saturated heterocycles. The minimum absolute atomic E-state index is 0.0635. The van der Waals surface area contributed by atoms with Crippen LogP contribution >= 0.6 is 11.3 Å². The largest absolute Gasteiger partial charge is 0.394 e. The molecule has 2 unspecified atom stereocenters. The summed E-state index contributed by atoms with van der Waals surface area (Å²) in [6.45, 7) is 2.26. The summed E-state index contributed by atoms with van der Waals surface area (Å²) in [5.41, 5.74) is -0.363. The van der Waals surface area contributed by atoms with Crippen LogP contribution in [0.2, 0.25) is 0 Å². The first-order chi connectivity index (χ1) is 9.63. The molecule has 2 atom stereocenters. The number of carbonyl (C=O) groups excluding carboxylic acids is 1. The number of carbonyl (C=O) groups is 1. The SMILES string of the molecule is CC1CCCC(CO)(NC(=O)CCCc2cccs2)C1. The van der Waals surface area contributed by atoms with Gasteiger partial charge in [-0.3, -0.25) is 4.79 Å². The van der Waals surface area contributed by atoms with E-state index in [1.165, 1.54) is 11.3 Å². The zero-order valence-electron chi connectivity index (χ0n) is 12.2. The normalized spacial score (nSPS) is 26.4. The van der Waals surface area contributed by atoms with Gasteiger partial charge in [0.1, 0.15) is 0 Å². The highest BCUT2D eigenvalue weighted by molar-refractivity contribution is 7.09. The molecule has 20 heavy (non-hydrogen) atoms. The predicted octanol–water partition coefficient (Wildman–Crippen LogP) is 3.13. The van der Waals surface area contributed by atoms with Crippen molar-refractivity contribution in [2.45, 2.75) is 57.4 Å². The van der Waals surface area contributed by atoms with Crippen LogP contribution in [0.25, 0.3) is 0 Å². The molecule has 112 valence electrons. The van der Waals surface area contributed by atoms with Gasteiger partial charge in [0, 0.05) is 11.3 Å². The van der Waals surface area contributed by atoms with E-state index in [2.05, 4.69) is 23.7 Å². The zero-order valence-corrected chi connectivity index (χ0v) is 13.0. The summed E-state index contributed by atoms with van der Waals surface area (Å²) < 4.78 is 0. The van der Waals surface area contributed by atoms with E-state index in [0.717, 1.165) is 32.1 Å². The number of rotatable bonds is 6. The Morgan fingerprint density at radius 3 is 3.10 bits per heavy atom. The predicted molar refractivity (Wildman–Crippen MR) is 82.8 cm³/mol. The molecule has 3 nitrogen and oxygen atoms in total. The molecule has 1 fully saturated rings. The van der Waals surface area contributed by atoms with E-state index in [1.807, 2.05) is 6.07 Å². The van der Waals surface area contributed by atoms with E-state index in [0.29, 0.717) is 12.3 Å². The van der Waals surface area contributed by atoms with E-state index in [1.54, 1.807) is 11.3 Å². The molecule has 0 radical (unpaired) electrons. The van der Waals surface area contributed by atoms with Gasteiger partial charge in [-0.15, -0.1) is 11.3 Å². The van der Waals surface area contributed by atoms with Gasteiger partial charge in [-0.05, 0) is 43.0 Å². The van der Waals surface area contributed by atoms with Gasteiger partial charge in [-0.1, -0.05) is 25.8 Å². The Morgan fingerprint density at radius 2 is 2.45 bits per heavy atom. The summed E-state index contributed by atoms with van der Waals surface area (Å²) in [5, 5.41) is 14.8. The Morgan fingerprint density at radius 1 is 1.60 bits per heavy atom. The second-order valence-electron chi connectivity index (χ2n) is 6.12. The summed E-state index contributed by atoms with van der Waals surface area (Å²) in [6.07, 6.45) is 6.50. The Labute approximate surface area is 125 Å². The molecule has 1 saturated carbocycles. The average molecular weight is 295 g/mol. The third-order valence-electron chi connectivity index (χ3n) is 4.21. The van der Waals surface area contributed by atoms with Crippen molar-refractivity contribution in [3.05, 3.63) is 22.4 Å². The van der Waals surface area contributed by atoms with Crippen molar-refractivity contribution in [3.63, 3.8) is 0 Å². The number of nitrogens with one attached hydrogen (secondary N) is 1. The standard InChI is InChI=1S/C16H25NO2S/c1-13-5-3-9-16(11-13,12-18)17-15(19)8-2-6-14-7-4-10-20-14/h4,7,10,13,18H,2-3,5-6,8-9,11-12H2,1H3,(H,17,19). The first-order valence-electron chi connectivity index (χ1n) is 7.58. The van der Waals surface area contributed by atoms with Crippen LogP contribution in [0.5, 0.6) is 0 Å². The maximum atomic E-state index is 12.1. The lowest BCUT2D eigenvalue weighted by Gasteiger charge is -2.39. The van der Waals surface area contributed by atoms with Gasteiger partial charge in [-0.2, -0.15) is 0 Å². The molecule has 0 aromatic carbocycles. The second kappa shape index (κ2) is 7.23. The Kier molecular flexibility index (Phi) is 5.61. The van der Waals surface area contributed by atoms with Crippen molar-refractivity contribution in [1.82, 2.24) is 5.32 Å². The van der Waals surface area contributed by atoms with Crippen LogP contribution < -0.4 is 5.32 Å². The summed E-state index contributed by atoms with van der Waals surface area (Å²) >= 11 is 1.74. The van der Waals surface area contributed by atoms with Crippen molar-refractivity contribution in [3.8, 4) is 0 Å². The number of hydrogen-bond acceptors (Lipinski definition) is 3. The topological polar surface area (TPSA) is 49.3 Å². The number of aryl methyl sites for hydroxylation is 1. The van der Waals surface area contributed by atoms with Crippen molar-refractivity contribution in [2.24, 2.45) is 5.92 Å². The number of thiophene rings is 1. The smallest absolute Gasteiger partial charge is 0.220 e. The fraction of sp³-hybridized carbons (Fsp3) is 0.688. The molecule has 1 aliphatic rings. The molecular formula is C16H25NO2S. The lowest BCUT2D eigenvalue weighted by atomic mass is 9.76. The van der Waals surface area contributed by atoms with E-state index in [4.69, 9.17) is 0 Å². The number of amides is 1. The molecule has 1 aromatic heterocycles. The third-order valence-corrected chi connectivity index (χ3v) is 5.14. The van der Waals surface area contributed by atoms with Crippen LogP contribution in [0.4, 0.5) is 0 Å². The lowest BCUT2D eigenvalue weighted by Crippen LogP contribution is -2.53. The van der Waals surface area contributed by atoms with Crippen molar-refractivity contribution in [2.75, 3.05) is 6.61 Å². The fourth-order valence-electron chi connectivity index (χ4n) is 3.19. The summed E-state index contributed by atoms with van der Waals surface area (Å²) in [4.78, 5) is 13.4. The molecule has 2 rings (SSSR count). The molecule has 1 aliphatic carbocycles. The monoisotopic (exact) mass is 295 g/mol.